The molecule has 1 atom stereocenters. The van der Waals surface area contributed by atoms with Crippen LogP contribution in [-0.2, 0) is 10.9 Å². The first-order valence-corrected chi connectivity index (χ1v) is 8.84. The molecule has 1 rings (SSSR count). The van der Waals surface area contributed by atoms with Crippen molar-refractivity contribution >= 4 is 17.9 Å². The fourth-order valence-corrected chi connectivity index (χ4v) is 2.28. The van der Waals surface area contributed by atoms with Crippen molar-refractivity contribution in [1.29, 1.82) is 0 Å². The SMILES string of the molecule is CCSCCNC(=O)OC(CC)COc1cccc(C(F)(F)F)c1. The molecule has 1 N–H and O–H groups in total. The van der Waals surface area contributed by atoms with E-state index in [2.05, 4.69) is 5.32 Å². The summed E-state index contributed by atoms with van der Waals surface area (Å²) in [5.41, 5.74) is -0.778. The van der Waals surface area contributed by atoms with Crippen LogP contribution < -0.4 is 10.1 Å². The molecule has 24 heavy (non-hydrogen) atoms. The zero-order valence-electron chi connectivity index (χ0n) is 13.7. The Morgan fingerprint density at radius 2 is 2.08 bits per heavy atom. The van der Waals surface area contributed by atoms with E-state index in [0.717, 1.165) is 23.6 Å². The van der Waals surface area contributed by atoms with E-state index in [-0.39, 0.29) is 12.4 Å². The van der Waals surface area contributed by atoms with E-state index < -0.39 is 23.9 Å². The zero-order chi connectivity index (χ0) is 18.0. The van der Waals surface area contributed by atoms with Crippen LogP contribution in [0.5, 0.6) is 5.75 Å². The summed E-state index contributed by atoms with van der Waals surface area (Å²) < 4.78 is 48.5. The molecule has 0 bridgehead atoms. The molecule has 0 radical (unpaired) electrons. The van der Waals surface area contributed by atoms with E-state index in [1.807, 2.05) is 6.92 Å². The molecule has 1 amide bonds. The van der Waals surface area contributed by atoms with Crippen LogP contribution in [0.2, 0.25) is 0 Å². The Labute approximate surface area is 144 Å². The molecule has 8 heteroatoms. The third-order valence-corrected chi connectivity index (χ3v) is 3.95. The van der Waals surface area contributed by atoms with E-state index in [1.165, 1.54) is 12.1 Å². The highest BCUT2D eigenvalue weighted by Crippen LogP contribution is 2.31. The molecular formula is C16H22F3NO3S. The Kier molecular flexibility index (Phi) is 8.81. The first-order valence-electron chi connectivity index (χ1n) is 7.69. The van der Waals surface area contributed by atoms with Crippen molar-refractivity contribution in [2.45, 2.75) is 32.5 Å². The van der Waals surface area contributed by atoms with Crippen molar-refractivity contribution in [3.8, 4) is 5.75 Å². The summed E-state index contributed by atoms with van der Waals surface area (Å²) in [4.78, 5) is 11.6. The molecule has 4 nitrogen and oxygen atoms in total. The number of thioether (sulfide) groups is 1. The number of rotatable bonds is 9. The highest BCUT2D eigenvalue weighted by Gasteiger charge is 2.30. The summed E-state index contributed by atoms with van der Waals surface area (Å²) in [6.45, 7) is 4.33. The molecule has 0 aliphatic carbocycles. The van der Waals surface area contributed by atoms with Crippen molar-refractivity contribution in [2.75, 3.05) is 24.7 Å². The monoisotopic (exact) mass is 365 g/mol. The minimum atomic E-state index is -4.42. The number of benzene rings is 1. The summed E-state index contributed by atoms with van der Waals surface area (Å²) in [7, 11) is 0. The lowest BCUT2D eigenvalue weighted by molar-refractivity contribution is -0.137. The molecule has 0 heterocycles. The van der Waals surface area contributed by atoms with Gasteiger partial charge in [-0.15, -0.1) is 0 Å². The number of nitrogens with one attached hydrogen (secondary N) is 1. The van der Waals surface area contributed by atoms with Gasteiger partial charge in [0.1, 0.15) is 18.5 Å². The number of amides is 1. The minimum absolute atomic E-state index is 0.00502. The van der Waals surface area contributed by atoms with Crippen LogP contribution in [0.25, 0.3) is 0 Å². The van der Waals surface area contributed by atoms with Crippen molar-refractivity contribution in [2.24, 2.45) is 0 Å². The van der Waals surface area contributed by atoms with Gasteiger partial charge in [0.2, 0.25) is 0 Å². The summed E-state index contributed by atoms with van der Waals surface area (Å²) in [6.07, 6.45) is -5.00. The highest BCUT2D eigenvalue weighted by molar-refractivity contribution is 7.99. The fraction of sp³-hybridized carbons (Fsp3) is 0.562. The van der Waals surface area contributed by atoms with E-state index in [0.29, 0.717) is 13.0 Å². The van der Waals surface area contributed by atoms with Crippen LogP contribution in [0.4, 0.5) is 18.0 Å². The van der Waals surface area contributed by atoms with Crippen LogP contribution in [0.15, 0.2) is 24.3 Å². The largest absolute Gasteiger partial charge is 0.490 e. The van der Waals surface area contributed by atoms with Gasteiger partial charge in [-0.2, -0.15) is 24.9 Å². The highest BCUT2D eigenvalue weighted by atomic mass is 32.2. The van der Waals surface area contributed by atoms with Crippen molar-refractivity contribution in [3.05, 3.63) is 29.8 Å². The predicted octanol–water partition coefficient (Wildman–Crippen LogP) is 4.34. The number of carbonyl (C=O) groups is 1. The number of alkyl carbamates (subject to hydrolysis) is 1. The average Bonchev–Trinajstić information content (AvgIpc) is 2.55. The molecule has 1 unspecified atom stereocenters. The number of hydrogen-bond donors (Lipinski definition) is 1. The number of halogens is 3. The first-order chi connectivity index (χ1) is 11.4. The third-order valence-electron chi connectivity index (χ3n) is 3.05. The van der Waals surface area contributed by atoms with Gasteiger partial charge in [-0.05, 0) is 30.4 Å². The van der Waals surface area contributed by atoms with E-state index in [4.69, 9.17) is 9.47 Å². The van der Waals surface area contributed by atoms with Crippen LogP contribution in [-0.4, -0.2) is 36.9 Å². The Hall–Kier alpha value is -1.57. The molecule has 1 aromatic rings. The number of hydrogen-bond acceptors (Lipinski definition) is 4. The minimum Gasteiger partial charge on any atom is -0.490 e. The van der Waals surface area contributed by atoms with Crippen LogP contribution in [0.3, 0.4) is 0 Å². The second kappa shape index (κ2) is 10.3. The van der Waals surface area contributed by atoms with Crippen molar-refractivity contribution in [1.82, 2.24) is 5.32 Å². The predicted molar refractivity (Wildman–Crippen MR) is 88.5 cm³/mol. The molecule has 0 aromatic heterocycles. The molecule has 0 fully saturated rings. The summed E-state index contributed by atoms with van der Waals surface area (Å²) >= 11 is 1.70. The Bertz CT molecular complexity index is 512. The zero-order valence-corrected chi connectivity index (χ0v) is 14.5. The second-order valence-electron chi connectivity index (χ2n) is 4.90. The smallest absolute Gasteiger partial charge is 0.416 e. The maximum atomic E-state index is 12.6. The summed E-state index contributed by atoms with van der Waals surface area (Å²) in [6, 6.07) is 4.61. The molecular weight excluding hydrogens is 343 g/mol. The summed E-state index contributed by atoms with van der Waals surface area (Å²) in [5, 5.41) is 2.62. The van der Waals surface area contributed by atoms with Crippen LogP contribution in [0, 0.1) is 0 Å². The molecule has 0 aliphatic rings. The van der Waals surface area contributed by atoms with Gasteiger partial charge in [0.05, 0.1) is 5.56 Å². The topological polar surface area (TPSA) is 47.6 Å². The lowest BCUT2D eigenvalue weighted by Crippen LogP contribution is -2.33. The Morgan fingerprint density at radius 1 is 1.33 bits per heavy atom. The molecule has 0 aliphatic heterocycles. The second-order valence-corrected chi connectivity index (χ2v) is 6.29. The average molecular weight is 365 g/mol. The first kappa shape index (κ1) is 20.5. The fourth-order valence-electron chi connectivity index (χ4n) is 1.75. The van der Waals surface area contributed by atoms with Gasteiger partial charge in [-0.25, -0.2) is 4.79 Å². The Balaban J connectivity index is 2.45. The van der Waals surface area contributed by atoms with E-state index >= 15 is 0 Å². The molecule has 0 spiro atoms. The van der Waals surface area contributed by atoms with E-state index in [1.54, 1.807) is 18.7 Å². The number of carbonyl (C=O) groups excluding carboxylic acids is 1. The quantitative estimate of drug-likeness (QED) is 0.661. The van der Waals surface area contributed by atoms with Crippen molar-refractivity contribution in [3.63, 3.8) is 0 Å². The van der Waals surface area contributed by atoms with Crippen LogP contribution in [0.1, 0.15) is 25.8 Å². The third kappa shape index (κ3) is 7.81. The van der Waals surface area contributed by atoms with Gasteiger partial charge in [0, 0.05) is 12.3 Å². The maximum Gasteiger partial charge on any atom is 0.416 e. The van der Waals surface area contributed by atoms with Gasteiger partial charge in [-0.1, -0.05) is 19.9 Å². The van der Waals surface area contributed by atoms with Gasteiger partial charge < -0.3 is 14.8 Å². The van der Waals surface area contributed by atoms with Gasteiger partial charge in [0.15, 0.2) is 0 Å². The Morgan fingerprint density at radius 3 is 2.71 bits per heavy atom. The standard InChI is InChI=1S/C16H22F3NO3S/c1-3-13(23-15(21)20-8-9-24-4-2)11-22-14-7-5-6-12(10-14)16(17,18)19/h5-7,10,13H,3-4,8-9,11H2,1-2H3,(H,20,21). The molecule has 136 valence electrons. The van der Waals surface area contributed by atoms with E-state index in [9.17, 15) is 18.0 Å². The van der Waals surface area contributed by atoms with Crippen LogP contribution >= 0.6 is 11.8 Å². The summed E-state index contributed by atoms with van der Waals surface area (Å²) in [5.74, 6) is 1.86. The van der Waals surface area contributed by atoms with Gasteiger partial charge in [-0.3, -0.25) is 0 Å². The number of alkyl halides is 3. The lowest BCUT2D eigenvalue weighted by atomic mass is 10.2. The molecule has 0 saturated heterocycles. The molecule has 1 aromatic carbocycles. The van der Waals surface area contributed by atoms with Gasteiger partial charge in [0.25, 0.3) is 0 Å². The molecule has 0 saturated carbocycles. The maximum absolute atomic E-state index is 12.6. The lowest BCUT2D eigenvalue weighted by Gasteiger charge is -2.18. The van der Waals surface area contributed by atoms with Gasteiger partial charge >= 0.3 is 12.3 Å². The van der Waals surface area contributed by atoms with Crippen molar-refractivity contribution < 1.29 is 27.4 Å². The normalized spacial score (nSPS) is 12.5. The number of ether oxygens (including phenoxy) is 2.